The minimum Gasteiger partial charge on any atom is -0.480 e. The number of hydrogen-bond donors (Lipinski definition) is 4. The second-order valence-electron chi connectivity index (χ2n) is 7.72. The van der Waals surface area contributed by atoms with Gasteiger partial charge in [-0.05, 0) is 35.4 Å². The number of aromatic nitrogens is 1. The van der Waals surface area contributed by atoms with Crippen LogP contribution >= 0.6 is 0 Å². The molecule has 170 valence electrons. The van der Waals surface area contributed by atoms with Crippen LogP contribution in [-0.4, -0.2) is 33.9 Å². The highest BCUT2D eigenvalue weighted by Crippen LogP contribution is 2.19. The van der Waals surface area contributed by atoms with Crippen LogP contribution < -0.4 is 10.6 Å². The summed E-state index contributed by atoms with van der Waals surface area (Å²) in [6.45, 7) is 0. The quantitative estimate of drug-likeness (QED) is 0.305. The molecule has 34 heavy (non-hydrogen) atoms. The number of carbonyl (C=O) groups is 3. The predicted octanol–water partition coefficient (Wildman–Crippen LogP) is 3.75. The molecule has 2 amide bonds. The Labute approximate surface area is 196 Å². The molecule has 0 fully saturated rings. The van der Waals surface area contributed by atoms with E-state index in [1.165, 1.54) is 6.08 Å². The Morgan fingerprint density at radius 1 is 0.882 bits per heavy atom. The van der Waals surface area contributed by atoms with Crippen LogP contribution in [0, 0.1) is 0 Å². The maximum atomic E-state index is 13.2. The number of nitrogens with one attached hydrogen (secondary N) is 3. The van der Waals surface area contributed by atoms with Gasteiger partial charge in [0.1, 0.15) is 11.7 Å². The molecule has 0 saturated carbocycles. The third kappa shape index (κ3) is 5.39. The number of amides is 2. The number of fused-ring (bicyclic) bond motifs is 1. The van der Waals surface area contributed by atoms with Crippen molar-refractivity contribution in [1.82, 2.24) is 15.6 Å². The van der Waals surface area contributed by atoms with Gasteiger partial charge in [-0.15, -0.1) is 0 Å². The van der Waals surface area contributed by atoms with Gasteiger partial charge in [0.25, 0.3) is 11.8 Å². The van der Waals surface area contributed by atoms with Crippen molar-refractivity contribution in [1.29, 1.82) is 0 Å². The standard InChI is InChI=1S/C27H23N3O4/c31-25(19-11-5-2-6-12-19)29-23(15-18-9-3-1-4-10-18)26(32)30-24(27(33)34)16-20-17-28-22-14-8-7-13-21(20)22/h1-15,17,24,28H,16H2,(H,29,31)(H,30,32)(H,33,34)/b23-15+/t24-/m1/s1. The molecule has 0 radical (unpaired) electrons. The van der Waals surface area contributed by atoms with E-state index < -0.39 is 23.8 Å². The van der Waals surface area contributed by atoms with Crippen molar-refractivity contribution in [2.24, 2.45) is 0 Å². The number of rotatable bonds is 8. The number of carbonyl (C=O) groups excluding carboxylic acids is 2. The molecule has 7 nitrogen and oxygen atoms in total. The third-order valence-corrected chi connectivity index (χ3v) is 5.34. The summed E-state index contributed by atoms with van der Waals surface area (Å²) in [5.41, 5.74) is 2.66. The monoisotopic (exact) mass is 453 g/mol. The van der Waals surface area contributed by atoms with E-state index >= 15 is 0 Å². The molecule has 1 atom stereocenters. The molecule has 3 aromatic carbocycles. The molecule has 0 aliphatic carbocycles. The number of para-hydroxylation sites is 1. The highest BCUT2D eigenvalue weighted by atomic mass is 16.4. The average Bonchev–Trinajstić information content (AvgIpc) is 3.27. The second kappa shape index (κ2) is 10.3. The molecule has 4 rings (SSSR count). The lowest BCUT2D eigenvalue weighted by molar-refractivity contribution is -0.141. The van der Waals surface area contributed by atoms with Crippen LogP contribution in [0.25, 0.3) is 17.0 Å². The number of benzene rings is 3. The van der Waals surface area contributed by atoms with Gasteiger partial charge < -0.3 is 20.7 Å². The molecule has 0 aliphatic rings. The Bertz CT molecular complexity index is 1340. The van der Waals surface area contributed by atoms with Gasteiger partial charge in [0.05, 0.1) is 0 Å². The topological polar surface area (TPSA) is 111 Å². The maximum Gasteiger partial charge on any atom is 0.326 e. The first-order valence-electron chi connectivity index (χ1n) is 10.7. The van der Waals surface area contributed by atoms with Crippen molar-refractivity contribution in [3.8, 4) is 0 Å². The van der Waals surface area contributed by atoms with Crippen LogP contribution in [0.3, 0.4) is 0 Å². The molecule has 1 aromatic heterocycles. The summed E-state index contributed by atoms with van der Waals surface area (Å²) >= 11 is 0. The van der Waals surface area contributed by atoms with Crippen molar-refractivity contribution in [3.63, 3.8) is 0 Å². The van der Waals surface area contributed by atoms with Gasteiger partial charge in [-0.3, -0.25) is 9.59 Å². The number of H-pyrrole nitrogens is 1. The molecule has 0 spiro atoms. The fourth-order valence-corrected chi connectivity index (χ4v) is 3.61. The summed E-state index contributed by atoms with van der Waals surface area (Å²) in [6.07, 6.45) is 3.34. The summed E-state index contributed by atoms with van der Waals surface area (Å²) in [5.74, 6) is -2.34. The lowest BCUT2D eigenvalue weighted by atomic mass is 10.0. The highest BCUT2D eigenvalue weighted by molar-refractivity contribution is 6.06. The second-order valence-corrected chi connectivity index (χ2v) is 7.72. The zero-order valence-corrected chi connectivity index (χ0v) is 18.2. The van der Waals surface area contributed by atoms with E-state index in [2.05, 4.69) is 15.6 Å². The summed E-state index contributed by atoms with van der Waals surface area (Å²) in [4.78, 5) is 41.0. The lowest BCUT2D eigenvalue weighted by Gasteiger charge is -2.17. The zero-order chi connectivity index (χ0) is 23.9. The number of aromatic amines is 1. The smallest absolute Gasteiger partial charge is 0.326 e. The Morgan fingerprint density at radius 3 is 2.24 bits per heavy atom. The van der Waals surface area contributed by atoms with Gasteiger partial charge in [0.15, 0.2) is 0 Å². The Morgan fingerprint density at radius 2 is 1.53 bits per heavy atom. The molecular weight excluding hydrogens is 430 g/mol. The largest absolute Gasteiger partial charge is 0.480 e. The van der Waals surface area contributed by atoms with E-state index in [0.717, 1.165) is 16.5 Å². The minimum absolute atomic E-state index is 0.0507. The van der Waals surface area contributed by atoms with Crippen LogP contribution in [0.1, 0.15) is 21.5 Å². The SMILES string of the molecule is O=C(N[C@H](Cc1c[nH]c2ccccc12)C(=O)O)/C(=C\c1ccccc1)NC(=O)c1ccccc1. The van der Waals surface area contributed by atoms with Crippen LogP contribution in [0.4, 0.5) is 0 Å². The van der Waals surface area contributed by atoms with Crippen molar-refractivity contribution < 1.29 is 19.5 Å². The van der Waals surface area contributed by atoms with Crippen LogP contribution in [0.15, 0.2) is 96.8 Å². The fourth-order valence-electron chi connectivity index (χ4n) is 3.61. The molecular formula is C27H23N3O4. The van der Waals surface area contributed by atoms with Gasteiger partial charge in [0.2, 0.25) is 0 Å². The van der Waals surface area contributed by atoms with E-state index in [-0.39, 0.29) is 12.1 Å². The first-order valence-corrected chi connectivity index (χ1v) is 10.7. The molecule has 4 N–H and O–H groups in total. The lowest BCUT2D eigenvalue weighted by Crippen LogP contribution is -2.45. The van der Waals surface area contributed by atoms with Gasteiger partial charge in [-0.1, -0.05) is 66.7 Å². The first kappa shape index (κ1) is 22.5. The number of carboxylic acid groups (broad SMARTS) is 1. The average molecular weight is 453 g/mol. The molecule has 0 unspecified atom stereocenters. The van der Waals surface area contributed by atoms with Gasteiger partial charge >= 0.3 is 5.97 Å². The maximum absolute atomic E-state index is 13.2. The molecule has 4 aromatic rings. The molecule has 0 aliphatic heterocycles. The predicted molar refractivity (Wildman–Crippen MR) is 130 cm³/mol. The first-order chi connectivity index (χ1) is 16.5. The third-order valence-electron chi connectivity index (χ3n) is 5.34. The van der Waals surface area contributed by atoms with E-state index in [4.69, 9.17) is 0 Å². The van der Waals surface area contributed by atoms with Crippen LogP contribution in [0.2, 0.25) is 0 Å². The normalized spacial score (nSPS) is 12.2. The van der Waals surface area contributed by atoms with E-state index in [9.17, 15) is 19.5 Å². The molecule has 0 saturated heterocycles. The number of hydrogen-bond acceptors (Lipinski definition) is 3. The summed E-state index contributed by atoms with van der Waals surface area (Å²) in [5, 5.41) is 15.9. The van der Waals surface area contributed by atoms with E-state index in [1.807, 2.05) is 30.3 Å². The fraction of sp³-hybridized carbons (Fsp3) is 0.0741. The molecule has 0 bridgehead atoms. The molecule has 7 heteroatoms. The Hall–Kier alpha value is -4.65. The zero-order valence-electron chi connectivity index (χ0n) is 18.2. The summed E-state index contributed by atoms with van der Waals surface area (Å²) in [7, 11) is 0. The number of aliphatic carboxylic acids is 1. The summed E-state index contributed by atoms with van der Waals surface area (Å²) < 4.78 is 0. The van der Waals surface area contributed by atoms with Crippen LogP contribution in [-0.2, 0) is 16.0 Å². The molecule has 1 heterocycles. The van der Waals surface area contributed by atoms with Crippen molar-refractivity contribution in [2.75, 3.05) is 0 Å². The Kier molecular flexibility index (Phi) is 6.84. The van der Waals surface area contributed by atoms with Crippen molar-refractivity contribution in [2.45, 2.75) is 12.5 Å². The van der Waals surface area contributed by atoms with Gasteiger partial charge in [-0.25, -0.2) is 4.79 Å². The van der Waals surface area contributed by atoms with Crippen LogP contribution in [0.5, 0.6) is 0 Å². The van der Waals surface area contributed by atoms with E-state index in [0.29, 0.717) is 11.1 Å². The Balaban J connectivity index is 1.58. The van der Waals surface area contributed by atoms with Gasteiger partial charge in [0, 0.05) is 29.1 Å². The highest BCUT2D eigenvalue weighted by Gasteiger charge is 2.24. The number of carboxylic acids is 1. The minimum atomic E-state index is -1.19. The van der Waals surface area contributed by atoms with Gasteiger partial charge in [-0.2, -0.15) is 0 Å². The summed E-state index contributed by atoms with van der Waals surface area (Å²) in [6, 6.07) is 23.8. The van der Waals surface area contributed by atoms with E-state index in [1.54, 1.807) is 60.8 Å². The van der Waals surface area contributed by atoms with Crippen molar-refractivity contribution in [3.05, 3.63) is 114 Å². The van der Waals surface area contributed by atoms with Crippen molar-refractivity contribution >= 4 is 34.8 Å².